The number of pyridine rings is 1. The molecule has 0 saturated heterocycles. The molecule has 0 aliphatic heterocycles. The van der Waals surface area contributed by atoms with Gasteiger partial charge in [0.25, 0.3) is 0 Å². The Hall–Kier alpha value is -0.890. The van der Waals surface area contributed by atoms with Crippen LogP contribution in [0, 0.1) is 0 Å². The summed E-state index contributed by atoms with van der Waals surface area (Å²) >= 11 is 0. The summed E-state index contributed by atoms with van der Waals surface area (Å²) in [4.78, 5) is 4.03. The molecule has 1 unspecified atom stereocenters. The normalized spacial score (nSPS) is 12.6. The average Bonchev–Trinajstić information content (AvgIpc) is 2.36. The minimum atomic E-state index is 0.647. The van der Waals surface area contributed by atoms with Crippen LogP contribution in [-0.2, 0) is 6.42 Å². The van der Waals surface area contributed by atoms with Crippen LogP contribution in [0.4, 0.5) is 0 Å². The van der Waals surface area contributed by atoms with Gasteiger partial charge in [0, 0.05) is 18.4 Å². The summed E-state index contributed by atoms with van der Waals surface area (Å²) in [5.74, 6) is 0. The average molecular weight is 234 g/mol. The lowest BCUT2D eigenvalue weighted by Crippen LogP contribution is -2.27. The minimum Gasteiger partial charge on any atom is -0.314 e. The van der Waals surface area contributed by atoms with Crippen molar-refractivity contribution < 1.29 is 0 Å². The van der Waals surface area contributed by atoms with Gasteiger partial charge in [0.15, 0.2) is 0 Å². The number of rotatable bonds is 9. The van der Waals surface area contributed by atoms with Crippen molar-refractivity contribution in [2.45, 2.75) is 58.4 Å². The topological polar surface area (TPSA) is 24.9 Å². The molecule has 1 aromatic heterocycles. The lowest BCUT2D eigenvalue weighted by atomic mass is 10.1. The van der Waals surface area contributed by atoms with Crippen LogP contribution < -0.4 is 5.32 Å². The molecule has 0 aromatic carbocycles. The van der Waals surface area contributed by atoms with Crippen molar-refractivity contribution in [1.29, 1.82) is 0 Å². The van der Waals surface area contributed by atoms with Crippen molar-refractivity contribution in [1.82, 2.24) is 10.3 Å². The van der Waals surface area contributed by atoms with Gasteiger partial charge in [-0.05, 0) is 44.0 Å². The SMILES string of the molecule is CCCCCCC(C)NCCc1ccncc1. The summed E-state index contributed by atoms with van der Waals surface area (Å²) in [6.07, 6.45) is 11.6. The smallest absolute Gasteiger partial charge is 0.0270 e. The molecule has 1 aromatic rings. The van der Waals surface area contributed by atoms with Crippen LogP contribution in [0.25, 0.3) is 0 Å². The highest BCUT2D eigenvalue weighted by atomic mass is 14.9. The molecule has 0 fully saturated rings. The number of unbranched alkanes of at least 4 members (excludes halogenated alkanes) is 3. The van der Waals surface area contributed by atoms with E-state index in [1.807, 2.05) is 12.4 Å². The highest BCUT2D eigenvalue weighted by molar-refractivity contribution is 5.09. The highest BCUT2D eigenvalue weighted by Crippen LogP contribution is 2.05. The number of aromatic nitrogens is 1. The fraction of sp³-hybridized carbons (Fsp3) is 0.667. The molecule has 2 heteroatoms. The Morgan fingerprint density at radius 2 is 1.94 bits per heavy atom. The summed E-state index contributed by atoms with van der Waals surface area (Å²) in [5, 5.41) is 3.59. The summed E-state index contributed by atoms with van der Waals surface area (Å²) in [6, 6.07) is 4.83. The summed E-state index contributed by atoms with van der Waals surface area (Å²) in [5.41, 5.74) is 1.37. The van der Waals surface area contributed by atoms with Gasteiger partial charge in [0.1, 0.15) is 0 Å². The molecule has 0 bridgehead atoms. The van der Waals surface area contributed by atoms with Gasteiger partial charge in [0.2, 0.25) is 0 Å². The van der Waals surface area contributed by atoms with Crippen molar-refractivity contribution >= 4 is 0 Å². The second-order valence-corrected chi connectivity index (χ2v) is 4.81. The van der Waals surface area contributed by atoms with E-state index in [1.165, 1.54) is 37.7 Å². The maximum absolute atomic E-state index is 4.03. The van der Waals surface area contributed by atoms with Crippen LogP contribution in [-0.4, -0.2) is 17.6 Å². The first kappa shape index (κ1) is 14.2. The number of nitrogens with zero attached hydrogens (tertiary/aromatic N) is 1. The second kappa shape index (κ2) is 9.17. The van der Waals surface area contributed by atoms with E-state index in [9.17, 15) is 0 Å². The van der Waals surface area contributed by atoms with E-state index in [0.717, 1.165) is 13.0 Å². The van der Waals surface area contributed by atoms with Gasteiger partial charge in [-0.25, -0.2) is 0 Å². The van der Waals surface area contributed by atoms with E-state index < -0.39 is 0 Å². The fourth-order valence-electron chi connectivity index (χ4n) is 1.99. The Labute approximate surface area is 106 Å². The number of nitrogens with one attached hydrogen (secondary N) is 1. The summed E-state index contributed by atoms with van der Waals surface area (Å²) in [6.45, 7) is 5.62. The molecule has 0 saturated carbocycles. The van der Waals surface area contributed by atoms with Crippen molar-refractivity contribution in [3.05, 3.63) is 30.1 Å². The first-order chi connectivity index (χ1) is 8.33. The van der Waals surface area contributed by atoms with Crippen LogP contribution in [0.5, 0.6) is 0 Å². The van der Waals surface area contributed by atoms with Crippen LogP contribution >= 0.6 is 0 Å². The molecule has 96 valence electrons. The van der Waals surface area contributed by atoms with Gasteiger partial charge in [-0.3, -0.25) is 4.98 Å². The van der Waals surface area contributed by atoms with E-state index in [1.54, 1.807) is 0 Å². The largest absolute Gasteiger partial charge is 0.314 e. The molecular weight excluding hydrogens is 208 g/mol. The van der Waals surface area contributed by atoms with Crippen LogP contribution in [0.3, 0.4) is 0 Å². The molecule has 0 aliphatic carbocycles. The standard InChI is InChI=1S/C15H26N2/c1-3-4-5-6-7-14(2)17-13-10-15-8-11-16-12-9-15/h8-9,11-12,14,17H,3-7,10,13H2,1-2H3. The van der Waals surface area contributed by atoms with Crippen molar-refractivity contribution in [2.24, 2.45) is 0 Å². The zero-order chi connectivity index (χ0) is 12.3. The predicted octanol–water partition coefficient (Wildman–Crippen LogP) is 3.57. The fourth-order valence-corrected chi connectivity index (χ4v) is 1.99. The molecule has 1 atom stereocenters. The Kier molecular flexibility index (Phi) is 7.65. The summed E-state index contributed by atoms with van der Waals surface area (Å²) in [7, 11) is 0. The Balaban J connectivity index is 2.02. The van der Waals surface area contributed by atoms with Gasteiger partial charge in [-0.1, -0.05) is 32.6 Å². The zero-order valence-corrected chi connectivity index (χ0v) is 11.3. The molecule has 0 aliphatic rings. The quantitative estimate of drug-likeness (QED) is 0.661. The molecule has 2 nitrogen and oxygen atoms in total. The number of hydrogen-bond acceptors (Lipinski definition) is 2. The molecular formula is C15H26N2. The van der Waals surface area contributed by atoms with Crippen molar-refractivity contribution in [3.8, 4) is 0 Å². The predicted molar refractivity (Wildman–Crippen MR) is 74.2 cm³/mol. The maximum atomic E-state index is 4.03. The molecule has 0 radical (unpaired) electrons. The molecule has 1 rings (SSSR count). The maximum Gasteiger partial charge on any atom is 0.0270 e. The first-order valence-corrected chi connectivity index (χ1v) is 6.95. The van der Waals surface area contributed by atoms with E-state index in [-0.39, 0.29) is 0 Å². The van der Waals surface area contributed by atoms with Gasteiger partial charge >= 0.3 is 0 Å². The lowest BCUT2D eigenvalue weighted by Gasteiger charge is -2.13. The molecule has 1 heterocycles. The van der Waals surface area contributed by atoms with Gasteiger partial charge in [0.05, 0.1) is 0 Å². The van der Waals surface area contributed by atoms with Crippen LogP contribution in [0.2, 0.25) is 0 Å². The molecule has 0 amide bonds. The molecule has 1 N–H and O–H groups in total. The van der Waals surface area contributed by atoms with Crippen molar-refractivity contribution in [3.63, 3.8) is 0 Å². The Bertz CT molecular complexity index is 272. The van der Waals surface area contributed by atoms with Crippen LogP contribution in [0.1, 0.15) is 51.5 Å². The third-order valence-corrected chi connectivity index (χ3v) is 3.15. The van der Waals surface area contributed by atoms with E-state index >= 15 is 0 Å². The Morgan fingerprint density at radius 3 is 2.65 bits per heavy atom. The van der Waals surface area contributed by atoms with Crippen molar-refractivity contribution in [2.75, 3.05) is 6.54 Å². The zero-order valence-electron chi connectivity index (χ0n) is 11.3. The number of hydrogen-bond donors (Lipinski definition) is 1. The second-order valence-electron chi connectivity index (χ2n) is 4.81. The minimum absolute atomic E-state index is 0.647. The molecule has 17 heavy (non-hydrogen) atoms. The monoisotopic (exact) mass is 234 g/mol. The third-order valence-electron chi connectivity index (χ3n) is 3.15. The Morgan fingerprint density at radius 1 is 1.18 bits per heavy atom. The lowest BCUT2D eigenvalue weighted by molar-refractivity contribution is 0.486. The van der Waals surface area contributed by atoms with Gasteiger partial charge in [-0.2, -0.15) is 0 Å². The third kappa shape index (κ3) is 7.11. The highest BCUT2D eigenvalue weighted by Gasteiger charge is 2.00. The first-order valence-electron chi connectivity index (χ1n) is 6.95. The summed E-state index contributed by atoms with van der Waals surface area (Å²) < 4.78 is 0. The van der Waals surface area contributed by atoms with E-state index in [2.05, 4.69) is 36.3 Å². The van der Waals surface area contributed by atoms with Gasteiger partial charge in [-0.15, -0.1) is 0 Å². The molecule has 0 spiro atoms. The van der Waals surface area contributed by atoms with Gasteiger partial charge < -0.3 is 5.32 Å². The van der Waals surface area contributed by atoms with E-state index in [4.69, 9.17) is 0 Å². The van der Waals surface area contributed by atoms with Crippen LogP contribution in [0.15, 0.2) is 24.5 Å². The van der Waals surface area contributed by atoms with E-state index in [0.29, 0.717) is 6.04 Å².